The van der Waals surface area contributed by atoms with Crippen LogP contribution in [-0.4, -0.2) is 66.3 Å². The van der Waals surface area contributed by atoms with Gasteiger partial charge in [0.25, 0.3) is 0 Å². The summed E-state index contributed by atoms with van der Waals surface area (Å²) >= 11 is 0. The number of para-hydroxylation sites is 1. The highest BCUT2D eigenvalue weighted by Crippen LogP contribution is 2.33. The lowest BCUT2D eigenvalue weighted by Gasteiger charge is -2.31. The summed E-state index contributed by atoms with van der Waals surface area (Å²) in [6.45, 7) is 5.91. The largest absolute Gasteiger partial charge is 0.489 e. The number of likely N-dealkylation sites (tertiary alicyclic amines) is 1. The second kappa shape index (κ2) is 11.4. The fraction of sp³-hybridized carbons (Fsp3) is 0.300. The molecule has 6 rings (SSSR count). The maximum absolute atomic E-state index is 13.0. The molecule has 210 valence electrons. The number of hydrogen-bond donors (Lipinski definition) is 3. The lowest BCUT2D eigenvalue weighted by molar-refractivity contribution is -0.117. The number of nitrogens with one attached hydrogen (secondary N) is 3. The SMILES string of the molecule is Cc1cnc(Nc2cc(C)n(C)n2)nc1-c1c[nH]c2c(NC(=O)CN3CCC(Oc4cccnc4)CC3)cccc12. The number of amides is 1. The van der Waals surface area contributed by atoms with Crippen LogP contribution in [0, 0.1) is 13.8 Å². The van der Waals surface area contributed by atoms with Gasteiger partial charge < -0.3 is 20.4 Å². The summed E-state index contributed by atoms with van der Waals surface area (Å²) in [6, 6.07) is 11.6. The molecule has 5 heterocycles. The van der Waals surface area contributed by atoms with Crippen molar-refractivity contribution in [2.75, 3.05) is 30.3 Å². The molecule has 0 aliphatic carbocycles. The zero-order chi connectivity index (χ0) is 28.3. The van der Waals surface area contributed by atoms with E-state index in [-0.39, 0.29) is 12.0 Å². The number of aromatic nitrogens is 6. The topological polar surface area (TPSA) is 126 Å². The number of hydrogen-bond acceptors (Lipinski definition) is 8. The summed E-state index contributed by atoms with van der Waals surface area (Å²) in [5.74, 6) is 1.90. The number of fused-ring (bicyclic) bond motifs is 1. The molecule has 0 bridgehead atoms. The van der Waals surface area contributed by atoms with Gasteiger partial charge in [-0.15, -0.1) is 0 Å². The monoisotopic (exact) mass is 551 g/mol. The summed E-state index contributed by atoms with van der Waals surface area (Å²) in [7, 11) is 1.90. The summed E-state index contributed by atoms with van der Waals surface area (Å²) in [4.78, 5) is 31.9. The number of carbonyl (C=O) groups is 1. The Bertz CT molecular complexity index is 1650. The van der Waals surface area contributed by atoms with E-state index in [4.69, 9.17) is 9.72 Å². The molecule has 0 atom stereocenters. The number of aryl methyl sites for hydroxylation is 3. The second-order valence-electron chi connectivity index (χ2n) is 10.4. The van der Waals surface area contributed by atoms with Crippen LogP contribution in [0.3, 0.4) is 0 Å². The molecular formula is C30H33N9O2. The van der Waals surface area contributed by atoms with Gasteiger partial charge in [0.2, 0.25) is 11.9 Å². The van der Waals surface area contributed by atoms with Gasteiger partial charge in [-0.3, -0.25) is 19.4 Å². The number of H-pyrrole nitrogens is 1. The van der Waals surface area contributed by atoms with E-state index < -0.39 is 0 Å². The lowest BCUT2D eigenvalue weighted by Crippen LogP contribution is -2.42. The molecule has 1 amide bonds. The number of piperidine rings is 1. The zero-order valence-electron chi connectivity index (χ0n) is 23.4. The van der Waals surface area contributed by atoms with Crippen molar-refractivity contribution in [1.29, 1.82) is 0 Å². The Morgan fingerprint density at radius 2 is 2.00 bits per heavy atom. The van der Waals surface area contributed by atoms with Gasteiger partial charge >= 0.3 is 0 Å². The van der Waals surface area contributed by atoms with Crippen molar-refractivity contribution in [3.8, 4) is 17.0 Å². The van der Waals surface area contributed by atoms with Gasteiger partial charge in [-0.1, -0.05) is 12.1 Å². The molecule has 1 aromatic carbocycles. The van der Waals surface area contributed by atoms with Gasteiger partial charge in [-0.2, -0.15) is 5.10 Å². The molecule has 1 aliphatic rings. The Kier molecular flexibility index (Phi) is 7.34. The Balaban J connectivity index is 1.12. The number of aromatic amines is 1. The maximum atomic E-state index is 13.0. The first-order chi connectivity index (χ1) is 19.9. The molecule has 1 aliphatic heterocycles. The fourth-order valence-corrected chi connectivity index (χ4v) is 5.15. The van der Waals surface area contributed by atoms with Crippen molar-refractivity contribution in [2.24, 2.45) is 7.05 Å². The van der Waals surface area contributed by atoms with Crippen molar-refractivity contribution in [3.63, 3.8) is 0 Å². The first kappa shape index (κ1) is 26.5. The van der Waals surface area contributed by atoms with Gasteiger partial charge in [-0.05, 0) is 50.5 Å². The van der Waals surface area contributed by atoms with Crippen LogP contribution < -0.4 is 15.4 Å². The lowest BCUT2D eigenvalue weighted by atomic mass is 10.1. The van der Waals surface area contributed by atoms with Crippen molar-refractivity contribution < 1.29 is 9.53 Å². The van der Waals surface area contributed by atoms with Crippen LogP contribution in [0.15, 0.2) is 61.2 Å². The molecule has 11 heteroatoms. The first-order valence-electron chi connectivity index (χ1n) is 13.7. The number of nitrogens with zero attached hydrogens (tertiary/aromatic N) is 6. The minimum atomic E-state index is -0.0457. The molecule has 0 spiro atoms. The molecule has 5 aromatic rings. The van der Waals surface area contributed by atoms with E-state index in [1.165, 1.54) is 0 Å². The standard InChI is InChI=1S/C30H33N9O2/c1-19-15-33-30(35-26-14-20(2)38(3)37-26)36-28(19)24-17-32-29-23(24)7-4-8-25(29)34-27(40)18-39-12-9-21(10-13-39)41-22-6-5-11-31-16-22/h4-8,11,14-17,21,32H,9-10,12-13,18H2,1-3H3,(H,34,40)(H,33,35,36,37). The number of anilines is 3. The molecule has 0 radical (unpaired) electrons. The van der Waals surface area contributed by atoms with Crippen LogP contribution in [0.25, 0.3) is 22.2 Å². The number of pyridine rings is 1. The van der Waals surface area contributed by atoms with Crippen molar-refractivity contribution in [2.45, 2.75) is 32.8 Å². The first-order valence-corrected chi connectivity index (χ1v) is 13.7. The Morgan fingerprint density at radius 1 is 1.15 bits per heavy atom. The van der Waals surface area contributed by atoms with E-state index in [1.54, 1.807) is 23.3 Å². The summed E-state index contributed by atoms with van der Waals surface area (Å²) in [5, 5.41) is 11.7. The van der Waals surface area contributed by atoms with E-state index >= 15 is 0 Å². The molecule has 1 saturated heterocycles. The molecule has 0 saturated carbocycles. The van der Waals surface area contributed by atoms with Crippen molar-refractivity contribution >= 4 is 34.3 Å². The van der Waals surface area contributed by atoms with E-state index in [0.29, 0.717) is 18.3 Å². The molecule has 1 fully saturated rings. The Hall–Kier alpha value is -4.77. The molecule has 4 aromatic heterocycles. The number of carbonyl (C=O) groups excluding carboxylic acids is 1. The van der Waals surface area contributed by atoms with Crippen LogP contribution in [0.4, 0.5) is 17.5 Å². The van der Waals surface area contributed by atoms with Crippen LogP contribution in [0.1, 0.15) is 24.1 Å². The summed E-state index contributed by atoms with van der Waals surface area (Å²) in [5.41, 5.74) is 5.31. The Morgan fingerprint density at radius 3 is 2.76 bits per heavy atom. The van der Waals surface area contributed by atoms with Gasteiger partial charge in [0.05, 0.1) is 29.6 Å². The average Bonchev–Trinajstić information content (AvgIpc) is 3.54. The summed E-state index contributed by atoms with van der Waals surface area (Å²) < 4.78 is 7.83. The van der Waals surface area contributed by atoms with Gasteiger partial charge in [0.1, 0.15) is 11.9 Å². The van der Waals surface area contributed by atoms with Gasteiger partial charge in [0, 0.05) is 61.4 Å². The third-order valence-electron chi connectivity index (χ3n) is 7.41. The second-order valence-corrected chi connectivity index (χ2v) is 10.4. The van der Waals surface area contributed by atoms with E-state index in [2.05, 4.69) is 35.6 Å². The van der Waals surface area contributed by atoms with Gasteiger partial charge in [-0.25, -0.2) is 9.97 Å². The number of rotatable bonds is 8. The highest BCUT2D eigenvalue weighted by Gasteiger charge is 2.23. The smallest absolute Gasteiger partial charge is 0.238 e. The van der Waals surface area contributed by atoms with E-state index in [9.17, 15) is 4.79 Å². The highest BCUT2D eigenvalue weighted by atomic mass is 16.5. The quantitative estimate of drug-likeness (QED) is 0.256. The predicted molar refractivity (Wildman–Crippen MR) is 158 cm³/mol. The molecule has 0 unspecified atom stereocenters. The van der Waals surface area contributed by atoms with E-state index in [0.717, 1.165) is 70.8 Å². The van der Waals surface area contributed by atoms with Crippen LogP contribution >= 0.6 is 0 Å². The molecule has 11 nitrogen and oxygen atoms in total. The van der Waals surface area contributed by atoms with Gasteiger partial charge in [0.15, 0.2) is 5.82 Å². The third-order valence-corrected chi connectivity index (χ3v) is 7.41. The van der Waals surface area contributed by atoms with Crippen LogP contribution in [0.2, 0.25) is 0 Å². The molecular weight excluding hydrogens is 518 g/mol. The molecule has 3 N–H and O–H groups in total. The average molecular weight is 552 g/mol. The van der Waals surface area contributed by atoms with Crippen molar-refractivity contribution in [1.82, 2.24) is 34.6 Å². The van der Waals surface area contributed by atoms with E-state index in [1.807, 2.05) is 63.5 Å². The fourth-order valence-electron chi connectivity index (χ4n) is 5.15. The number of benzene rings is 1. The maximum Gasteiger partial charge on any atom is 0.238 e. The van der Waals surface area contributed by atoms with Crippen LogP contribution in [-0.2, 0) is 11.8 Å². The molecule has 41 heavy (non-hydrogen) atoms. The summed E-state index contributed by atoms with van der Waals surface area (Å²) in [6.07, 6.45) is 9.07. The minimum absolute atomic E-state index is 0.0457. The van der Waals surface area contributed by atoms with Crippen LogP contribution in [0.5, 0.6) is 5.75 Å². The third kappa shape index (κ3) is 5.90. The number of ether oxygens (including phenoxy) is 1. The predicted octanol–water partition coefficient (Wildman–Crippen LogP) is 4.60. The zero-order valence-corrected chi connectivity index (χ0v) is 23.4. The Labute approximate surface area is 238 Å². The minimum Gasteiger partial charge on any atom is -0.489 e. The normalized spacial score (nSPS) is 14.3. The van der Waals surface area contributed by atoms with Crippen molar-refractivity contribution in [3.05, 3.63) is 72.4 Å². The highest BCUT2D eigenvalue weighted by molar-refractivity contribution is 6.06.